The summed E-state index contributed by atoms with van der Waals surface area (Å²) in [4.78, 5) is 35.9. The Hall–Kier alpha value is -4.53. The molecule has 0 aliphatic carbocycles. The monoisotopic (exact) mass is 680 g/mol. The van der Waals surface area contributed by atoms with Gasteiger partial charge in [0.2, 0.25) is 0 Å². The first-order valence-electron chi connectivity index (χ1n) is 16.7. The number of aromatic nitrogens is 3. The molecule has 1 saturated heterocycles. The number of pyridine rings is 1. The molecule has 3 aromatic heterocycles. The van der Waals surface area contributed by atoms with Crippen molar-refractivity contribution in [3.8, 4) is 17.2 Å². The minimum absolute atomic E-state index is 0.0944. The molecule has 4 aromatic rings. The number of ether oxygens (including phenoxy) is 1. The van der Waals surface area contributed by atoms with Gasteiger partial charge in [0.15, 0.2) is 0 Å². The summed E-state index contributed by atoms with van der Waals surface area (Å²) >= 11 is 1.57. The molecule has 3 atom stereocenters. The van der Waals surface area contributed by atoms with Gasteiger partial charge in [-0.05, 0) is 80.3 Å². The number of nitrogens with zero attached hydrogens (tertiary/aromatic N) is 6. The minimum Gasteiger partial charge on any atom is -0.444 e. The van der Waals surface area contributed by atoms with Crippen LogP contribution in [0.5, 0.6) is 0 Å². The molecule has 0 bridgehead atoms. The van der Waals surface area contributed by atoms with Crippen LogP contribution in [-0.4, -0.2) is 68.2 Å². The highest BCUT2D eigenvalue weighted by atomic mass is 32.1. The van der Waals surface area contributed by atoms with E-state index in [0.717, 1.165) is 49.5 Å². The van der Waals surface area contributed by atoms with Crippen LogP contribution in [0.4, 0.5) is 10.5 Å². The van der Waals surface area contributed by atoms with Gasteiger partial charge in [-0.3, -0.25) is 9.78 Å². The molecule has 0 saturated carbocycles. The normalized spacial score (nSPS) is 19.5. The topological polar surface area (TPSA) is 125 Å². The van der Waals surface area contributed by atoms with Crippen molar-refractivity contribution >= 4 is 33.3 Å². The van der Waals surface area contributed by atoms with Crippen LogP contribution in [-0.2, 0) is 23.1 Å². The van der Waals surface area contributed by atoms with E-state index in [2.05, 4.69) is 48.4 Å². The van der Waals surface area contributed by atoms with Crippen molar-refractivity contribution in [3.63, 3.8) is 0 Å². The highest BCUT2D eigenvalue weighted by molar-refractivity contribution is 7.19. The zero-order valence-electron chi connectivity index (χ0n) is 29.1. The Labute approximate surface area is 291 Å². The van der Waals surface area contributed by atoms with Crippen molar-refractivity contribution in [3.05, 3.63) is 87.3 Å². The Morgan fingerprint density at radius 3 is 2.59 bits per heavy atom. The van der Waals surface area contributed by atoms with E-state index in [9.17, 15) is 20.0 Å². The lowest BCUT2D eigenvalue weighted by molar-refractivity contribution is 0.0174. The van der Waals surface area contributed by atoms with Crippen molar-refractivity contribution in [1.29, 1.82) is 5.26 Å². The average Bonchev–Trinajstić information content (AvgIpc) is 3.67. The maximum absolute atomic E-state index is 13.2. The third-order valence-corrected chi connectivity index (χ3v) is 10.5. The number of hydrogen-bond donors (Lipinski definition) is 1. The number of rotatable bonds is 6. The molecular formula is C38H44N6O4S. The standard InChI is InChI=1S/C38H44N6O4S/c1-8-23-11-25-12-24(17-39)13-31(34(25)42(19-23)27-15-28(22-45)43(20-27)36(47)48-38(5,6)7)30-9-10-40-32-16-29(49-35(30)32)21-44-33(46)14-26(18-41-44)37(2,3)4/h8-10,12-14,16,18,23,27-28,45H,1,11,15,19-22H2,2-7H3/t23-,27-,28-/m1/s1. The third kappa shape index (κ3) is 6.98. The number of aliphatic hydroxyl groups excluding tert-OH is 1. The van der Waals surface area contributed by atoms with Gasteiger partial charge in [-0.15, -0.1) is 17.9 Å². The van der Waals surface area contributed by atoms with Crippen LogP contribution >= 0.6 is 11.3 Å². The van der Waals surface area contributed by atoms with Crippen LogP contribution in [0.25, 0.3) is 21.3 Å². The first-order valence-corrected chi connectivity index (χ1v) is 17.5. The number of fused-ring (bicyclic) bond motifs is 2. The number of carbonyl (C=O) groups is 1. The van der Waals surface area contributed by atoms with Gasteiger partial charge in [-0.2, -0.15) is 10.4 Å². The van der Waals surface area contributed by atoms with E-state index < -0.39 is 11.7 Å². The summed E-state index contributed by atoms with van der Waals surface area (Å²) in [6, 6.07) is 11.4. The van der Waals surface area contributed by atoms with E-state index in [1.165, 1.54) is 4.68 Å². The number of benzene rings is 1. The number of carbonyl (C=O) groups excluding carboxylic acids is 1. The van der Waals surface area contributed by atoms with E-state index in [0.29, 0.717) is 31.6 Å². The molecule has 10 nitrogen and oxygen atoms in total. The maximum atomic E-state index is 13.2. The second-order valence-corrected chi connectivity index (χ2v) is 16.3. The lowest BCUT2D eigenvalue weighted by Gasteiger charge is -2.40. The Morgan fingerprint density at radius 2 is 1.94 bits per heavy atom. The number of nitriles is 1. The molecule has 1 amide bonds. The Balaban J connectivity index is 1.42. The van der Waals surface area contributed by atoms with Crippen LogP contribution in [0.15, 0.2) is 60.2 Å². The predicted octanol–water partition coefficient (Wildman–Crippen LogP) is 6.27. The Bertz CT molecular complexity index is 2010. The van der Waals surface area contributed by atoms with Gasteiger partial charge in [-0.25, -0.2) is 9.48 Å². The summed E-state index contributed by atoms with van der Waals surface area (Å²) in [5.41, 5.74) is 5.18. The summed E-state index contributed by atoms with van der Waals surface area (Å²) < 4.78 is 8.15. The summed E-state index contributed by atoms with van der Waals surface area (Å²) in [6.07, 6.45) is 6.37. The van der Waals surface area contributed by atoms with Crippen LogP contribution in [0.1, 0.15) is 69.5 Å². The van der Waals surface area contributed by atoms with Crippen molar-refractivity contribution in [1.82, 2.24) is 19.7 Å². The average molecular weight is 681 g/mol. The number of thiophene rings is 1. The quantitative estimate of drug-likeness (QED) is 0.236. The third-order valence-electron chi connectivity index (χ3n) is 9.32. The molecule has 2 aliphatic rings. The van der Waals surface area contributed by atoms with Gasteiger partial charge in [0.05, 0.1) is 47.2 Å². The molecule has 5 heterocycles. The van der Waals surface area contributed by atoms with E-state index in [4.69, 9.17) is 4.74 Å². The van der Waals surface area contributed by atoms with Crippen molar-refractivity contribution in [2.45, 2.75) is 84.0 Å². The summed E-state index contributed by atoms with van der Waals surface area (Å²) in [5.74, 6) is 0.138. The van der Waals surface area contributed by atoms with E-state index in [-0.39, 0.29) is 35.6 Å². The number of anilines is 1. The Kier molecular flexibility index (Phi) is 9.15. The fraction of sp³-hybridized carbons (Fsp3) is 0.447. The van der Waals surface area contributed by atoms with Crippen molar-refractivity contribution < 1.29 is 14.6 Å². The molecule has 2 aliphatic heterocycles. The molecule has 0 radical (unpaired) electrons. The highest BCUT2D eigenvalue weighted by Gasteiger charge is 2.42. The minimum atomic E-state index is -0.659. The van der Waals surface area contributed by atoms with E-state index in [1.807, 2.05) is 51.1 Å². The molecule has 256 valence electrons. The summed E-state index contributed by atoms with van der Waals surface area (Å²) in [5, 5.41) is 24.9. The number of amides is 1. The zero-order valence-corrected chi connectivity index (χ0v) is 29.9. The molecule has 1 N–H and O–H groups in total. The number of likely N-dealkylation sites (tertiary alicyclic amines) is 1. The molecule has 1 aromatic carbocycles. The first-order chi connectivity index (χ1) is 23.2. The van der Waals surface area contributed by atoms with Crippen molar-refractivity contribution in [2.24, 2.45) is 5.92 Å². The van der Waals surface area contributed by atoms with Gasteiger partial charge in [-0.1, -0.05) is 26.8 Å². The number of aliphatic hydroxyl groups is 1. The summed E-state index contributed by atoms with van der Waals surface area (Å²) in [7, 11) is 0. The zero-order chi connectivity index (χ0) is 35.2. The molecule has 6 rings (SSSR count). The molecule has 1 fully saturated rings. The largest absolute Gasteiger partial charge is 0.444 e. The second kappa shape index (κ2) is 13.1. The molecule has 11 heteroatoms. The van der Waals surface area contributed by atoms with Crippen LogP contribution in [0, 0.1) is 17.2 Å². The fourth-order valence-electron chi connectivity index (χ4n) is 6.86. The lowest BCUT2D eigenvalue weighted by atomic mass is 9.86. The predicted molar refractivity (Wildman–Crippen MR) is 193 cm³/mol. The fourth-order valence-corrected chi connectivity index (χ4v) is 7.99. The highest BCUT2D eigenvalue weighted by Crippen LogP contribution is 2.45. The maximum Gasteiger partial charge on any atom is 0.410 e. The smallest absolute Gasteiger partial charge is 0.410 e. The van der Waals surface area contributed by atoms with E-state index in [1.54, 1.807) is 34.7 Å². The van der Waals surface area contributed by atoms with Gasteiger partial charge < -0.3 is 19.6 Å². The van der Waals surface area contributed by atoms with Gasteiger partial charge in [0.25, 0.3) is 5.56 Å². The van der Waals surface area contributed by atoms with Crippen LogP contribution in [0.3, 0.4) is 0 Å². The lowest BCUT2D eigenvalue weighted by Crippen LogP contribution is -2.45. The molecule has 0 unspecified atom stereocenters. The van der Waals surface area contributed by atoms with Crippen LogP contribution < -0.4 is 10.5 Å². The Morgan fingerprint density at radius 1 is 1.16 bits per heavy atom. The molecular weight excluding hydrogens is 637 g/mol. The summed E-state index contributed by atoms with van der Waals surface area (Å²) in [6.45, 7) is 17.0. The first kappa shape index (κ1) is 34.3. The SMILES string of the molecule is C=C[C@@H]1Cc2cc(C#N)cc(-c3ccnc4cc(Cn5ncc(C(C)(C)C)cc5=O)sc34)c2N([C@@H]2C[C@H](CO)N(C(=O)OC(C)(C)C)C2)C1. The van der Waals surface area contributed by atoms with Crippen LogP contribution in [0.2, 0.25) is 0 Å². The molecule has 49 heavy (non-hydrogen) atoms. The van der Waals surface area contributed by atoms with E-state index >= 15 is 0 Å². The van der Waals surface area contributed by atoms with Gasteiger partial charge in [0.1, 0.15) is 5.60 Å². The van der Waals surface area contributed by atoms with Crippen molar-refractivity contribution in [2.75, 3.05) is 24.6 Å². The molecule has 0 spiro atoms. The van der Waals surface area contributed by atoms with Gasteiger partial charge in [0, 0.05) is 53.1 Å². The second-order valence-electron chi connectivity index (χ2n) is 15.1. The number of hydrogen-bond acceptors (Lipinski definition) is 9. The van der Waals surface area contributed by atoms with Gasteiger partial charge >= 0.3 is 6.09 Å².